The van der Waals surface area contributed by atoms with Gasteiger partial charge in [-0.2, -0.15) is 0 Å². The standard InChI is InChI=1S/C14H17N3O/c1-14(2,3)11-8-12(18)17-13(16-11)9-5-4-6-10(15)7-9/h4-8H,15H2,1-3H3,(H,16,17,18). The summed E-state index contributed by atoms with van der Waals surface area (Å²) in [6.07, 6.45) is 0. The first-order valence-corrected chi connectivity index (χ1v) is 5.84. The van der Waals surface area contributed by atoms with Gasteiger partial charge in [-0.15, -0.1) is 0 Å². The van der Waals surface area contributed by atoms with Crippen molar-refractivity contribution in [2.45, 2.75) is 26.2 Å². The van der Waals surface area contributed by atoms with Gasteiger partial charge in [-0.05, 0) is 12.1 Å². The Morgan fingerprint density at radius 1 is 1.22 bits per heavy atom. The normalized spacial score (nSPS) is 11.5. The van der Waals surface area contributed by atoms with Crippen LogP contribution in [0.5, 0.6) is 0 Å². The zero-order chi connectivity index (χ0) is 13.3. The Morgan fingerprint density at radius 2 is 1.94 bits per heavy atom. The number of nitrogens with one attached hydrogen (secondary N) is 1. The minimum absolute atomic E-state index is 0.146. The van der Waals surface area contributed by atoms with Crippen molar-refractivity contribution >= 4 is 5.69 Å². The highest BCUT2D eigenvalue weighted by atomic mass is 16.1. The van der Waals surface area contributed by atoms with Crippen molar-refractivity contribution < 1.29 is 0 Å². The van der Waals surface area contributed by atoms with Crippen molar-refractivity contribution in [1.82, 2.24) is 9.97 Å². The predicted molar refractivity (Wildman–Crippen MR) is 73.4 cm³/mol. The molecular formula is C14H17N3O. The SMILES string of the molecule is CC(C)(C)c1cc(=O)[nH]c(-c2cccc(N)c2)n1. The molecule has 2 rings (SSSR count). The summed E-state index contributed by atoms with van der Waals surface area (Å²) >= 11 is 0. The van der Waals surface area contributed by atoms with Crippen molar-refractivity contribution in [3.63, 3.8) is 0 Å². The maximum atomic E-state index is 11.7. The van der Waals surface area contributed by atoms with Crippen LogP contribution in [0.15, 0.2) is 35.1 Å². The number of hydrogen-bond acceptors (Lipinski definition) is 3. The van der Waals surface area contributed by atoms with Crippen LogP contribution in [-0.2, 0) is 5.41 Å². The smallest absolute Gasteiger partial charge is 0.251 e. The van der Waals surface area contributed by atoms with Crippen molar-refractivity contribution in [3.8, 4) is 11.4 Å². The Labute approximate surface area is 106 Å². The predicted octanol–water partition coefficient (Wildman–Crippen LogP) is 2.32. The van der Waals surface area contributed by atoms with Crippen molar-refractivity contribution in [2.75, 3.05) is 5.73 Å². The summed E-state index contributed by atoms with van der Waals surface area (Å²) < 4.78 is 0. The molecule has 0 saturated carbocycles. The fourth-order valence-electron chi connectivity index (χ4n) is 1.66. The van der Waals surface area contributed by atoms with Gasteiger partial charge >= 0.3 is 0 Å². The molecule has 0 saturated heterocycles. The summed E-state index contributed by atoms with van der Waals surface area (Å²) in [5, 5.41) is 0. The Hall–Kier alpha value is -2.10. The minimum Gasteiger partial charge on any atom is -0.399 e. The number of H-pyrrole nitrogens is 1. The monoisotopic (exact) mass is 243 g/mol. The molecule has 4 heteroatoms. The van der Waals surface area contributed by atoms with E-state index in [9.17, 15) is 4.79 Å². The molecule has 2 aromatic rings. The van der Waals surface area contributed by atoms with Crippen LogP contribution in [0.25, 0.3) is 11.4 Å². The average molecular weight is 243 g/mol. The van der Waals surface area contributed by atoms with Crippen LogP contribution < -0.4 is 11.3 Å². The Morgan fingerprint density at radius 3 is 2.56 bits per heavy atom. The zero-order valence-electron chi connectivity index (χ0n) is 10.8. The van der Waals surface area contributed by atoms with Gasteiger partial charge in [0.25, 0.3) is 5.56 Å². The topological polar surface area (TPSA) is 71.8 Å². The van der Waals surface area contributed by atoms with E-state index < -0.39 is 0 Å². The third-order valence-corrected chi connectivity index (χ3v) is 2.67. The molecule has 0 fully saturated rings. The zero-order valence-corrected chi connectivity index (χ0v) is 10.8. The quantitative estimate of drug-likeness (QED) is 0.755. The van der Waals surface area contributed by atoms with E-state index in [4.69, 9.17) is 5.73 Å². The molecule has 4 nitrogen and oxygen atoms in total. The fourth-order valence-corrected chi connectivity index (χ4v) is 1.66. The van der Waals surface area contributed by atoms with Gasteiger partial charge in [0.1, 0.15) is 5.82 Å². The lowest BCUT2D eigenvalue weighted by atomic mass is 9.92. The average Bonchev–Trinajstić information content (AvgIpc) is 2.27. The number of anilines is 1. The maximum Gasteiger partial charge on any atom is 0.251 e. The lowest BCUT2D eigenvalue weighted by Crippen LogP contribution is -2.19. The van der Waals surface area contributed by atoms with E-state index in [0.717, 1.165) is 11.3 Å². The minimum atomic E-state index is -0.163. The second-order valence-corrected chi connectivity index (χ2v) is 5.35. The van der Waals surface area contributed by atoms with E-state index in [-0.39, 0.29) is 11.0 Å². The molecule has 0 atom stereocenters. The number of aromatic nitrogens is 2. The molecule has 3 N–H and O–H groups in total. The lowest BCUT2D eigenvalue weighted by Gasteiger charge is -2.17. The molecule has 0 spiro atoms. The van der Waals surface area contributed by atoms with Crippen molar-refractivity contribution in [1.29, 1.82) is 0 Å². The van der Waals surface area contributed by atoms with Gasteiger partial charge < -0.3 is 10.7 Å². The third kappa shape index (κ3) is 2.59. The Kier molecular flexibility index (Phi) is 2.95. The molecular weight excluding hydrogens is 226 g/mol. The number of benzene rings is 1. The second kappa shape index (κ2) is 4.29. The fraction of sp³-hybridized carbons (Fsp3) is 0.286. The molecule has 0 bridgehead atoms. The number of hydrogen-bond donors (Lipinski definition) is 2. The summed E-state index contributed by atoms with van der Waals surface area (Å²) in [6, 6.07) is 8.85. The lowest BCUT2D eigenvalue weighted by molar-refractivity contribution is 0.566. The van der Waals surface area contributed by atoms with Crippen LogP contribution in [0.3, 0.4) is 0 Å². The summed E-state index contributed by atoms with van der Waals surface area (Å²) in [5.41, 5.74) is 7.66. The van der Waals surface area contributed by atoms with Gasteiger partial charge in [-0.25, -0.2) is 4.98 Å². The van der Waals surface area contributed by atoms with Gasteiger partial charge in [0.15, 0.2) is 0 Å². The van der Waals surface area contributed by atoms with E-state index in [1.807, 2.05) is 32.9 Å². The van der Waals surface area contributed by atoms with Crippen LogP contribution in [0.1, 0.15) is 26.5 Å². The molecule has 0 aliphatic rings. The van der Waals surface area contributed by atoms with Gasteiger partial charge in [0.05, 0.1) is 5.69 Å². The summed E-state index contributed by atoms with van der Waals surface area (Å²) in [5.74, 6) is 0.555. The van der Waals surface area contributed by atoms with Gasteiger partial charge in [-0.1, -0.05) is 32.9 Å². The van der Waals surface area contributed by atoms with E-state index in [1.165, 1.54) is 6.07 Å². The van der Waals surface area contributed by atoms with Crippen LogP contribution in [0.4, 0.5) is 5.69 Å². The third-order valence-electron chi connectivity index (χ3n) is 2.67. The molecule has 1 aromatic heterocycles. The number of aromatic amines is 1. The first-order valence-electron chi connectivity index (χ1n) is 5.84. The number of nitrogens with zero attached hydrogens (tertiary/aromatic N) is 1. The van der Waals surface area contributed by atoms with Crippen molar-refractivity contribution in [3.05, 3.63) is 46.4 Å². The van der Waals surface area contributed by atoms with Crippen LogP contribution in [-0.4, -0.2) is 9.97 Å². The van der Waals surface area contributed by atoms with Crippen LogP contribution >= 0.6 is 0 Å². The molecule has 94 valence electrons. The molecule has 0 radical (unpaired) electrons. The van der Waals surface area contributed by atoms with Gasteiger partial charge in [0, 0.05) is 22.7 Å². The molecule has 0 unspecified atom stereocenters. The summed E-state index contributed by atoms with van der Waals surface area (Å²) in [4.78, 5) is 18.9. The highest BCUT2D eigenvalue weighted by molar-refractivity contribution is 5.60. The first-order chi connectivity index (χ1) is 8.36. The van der Waals surface area contributed by atoms with E-state index in [2.05, 4.69) is 9.97 Å². The van der Waals surface area contributed by atoms with Gasteiger partial charge in [0.2, 0.25) is 0 Å². The number of nitrogens with two attached hydrogens (primary N) is 1. The van der Waals surface area contributed by atoms with Crippen molar-refractivity contribution in [2.24, 2.45) is 0 Å². The molecule has 0 amide bonds. The molecule has 0 aliphatic heterocycles. The first kappa shape index (κ1) is 12.4. The van der Waals surface area contributed by atoms with Gasteiger partial charge in [-0.3, -0.25) is 4.79 Å². The van der Waals surface area contributed by atoms with E-state index in [0.29, 0.717) is 11.5 Å². The molecule has 0 aliphatic carbocycles. The maximum absolute atomic E-state index is 11.7. The highest BCUT2D eigenvalue weighted by Crippen LogP contribution is 2.22. The number of rotatable bonds is 1. The van der Waals surface area contributed by atoms with Crippen LogP contribution in [0.2, 0.25) is 0 Å². The second-order valence-electron chi connectivity index (χ2n) is 5.35. The molecule has 1 heterocycles. The summed E-state index contributed by atoms with van der Waals surface area (Å²) in [6.45, 7) is 6.08. The Balaban J connectivity index is 2.59. The Bertz CT molecular complexity index is 623. The number of nitrogen functional groups attached to an aromatic ring is 1. The van der Waals surface area contributed by atoms with Crippen LogP contribution in [0, 0.1) is 0 Å². The van der Waals surface area contributed by atoms with E-state index in [1.54, 1.807) is 12.1 Å². The highest BCUT2D eigenvalue weighted by Gasteiger charge is 2.17. The molecule has 1 aromatic carbocycles. The van der Waals surface area contributed by atoms with E-state index >= 15 is 0 Å². The largest absolute Gasteiger partial charge is 0.399 e. The molecule has 18 heavy (non-hydrogen) atoms. The summed E-state index contributed by atoms with van der Waals surface area (Å²) in [7, 11) is 0.